The smallest absolute Gasteiger partial charge is 0.344 e. The number of benzene rings is 1. The Kier molecular flexibility index (Phi) is 3.61. The molecule has 0 heterocycles. The molecule has 5 heteroatoms. The number of rotatable bonds is 3. The van der Waals surface area contributed by atoms with Crippen molar-refractivity contribution in [3.8, 4) is 5.75 Å². The Labute approximate surface area is 91.2 Å². The lowest BCUT2D eigenvalue weighted by Gasteiger charge is -2.10. The van der Waals surface area contributed by atoms with Crippen molar-refractivity contribution in [2.24, 2.45) is 0 Å². The summed E-state index contributed by atoms with van der Waals surface area (Å²) in [4.78, 5) is 10.5. The third-order valence-corrected chi connectivity index (χ3v) is 1.93. The lowest BCUT2D eigenvalue weighted by molar-refractivity contribution is -0.144. The van der Waals surface area contributed by atoms with E-state index in [0.717, 1.165) is 0 Å². The van der Waals surface area contributed by atoms with E-state index in [1.54, 1.807) is 6.07 Å². The van der Waals surface area contributed by atoms with Gasteiger partial charge in [-0.05, 0) is 25.1 Å². The molecular formula is C9H8Cl2O3. The number of halogens is 2. The molecule has 0 unspecified atom stereocenters. The molecule has 0 aliphatic carbocycles. The first kappa shape index (κ1) is 11.1. The molecule has 3 nitrogen and oxygen atoms in total. The third kappa shape index (κ3) is 3.09. The number of carbonyl (C=O) groups is 1. The maximum absolute atomic E-state index is 10.5. The zero-order valence-electron chi connectivity index (χ0n) is 7.33. The van der Waals surface area contributed by atoms with Gasteiger partial charge in [0.1, 0.15) is 5.75 Å². The Morgan fingerprint density at radius 2 is 1.86 bits per heavy atom. The van der Waals surface area contributed by atoms with Crippen molar-refractivity contribution in [1.29, 1.82) is 0 Å². The molecule has 1 aromatic carbocycles. The highest BCUT2D eigenvalue weighted by Gasteiger charge is 2.12. The van der Waals surface area contributed by atoms with Crippen LogP contribution in [0, 0.1) is 0 Å². The van der Waals surface area contributed by atoms with Gasteiger partial charge in [-0.25, -0.2) is 4.79 Å². The van der Waals surface area contributed by atoms with Crippen LogP contribution in [0.5, 0.6) is 5.75 Å². The van der Waals surface area contributed by atoms with E-state index in [9.17, 15) is 4.79 Å². The molecule has 1 aromatic rings. The van der Waals surface area contributed by atoms with Crippen LogP contribution in [0.1, 0.15) is 6.92 Å². The van der Waals surface area contributed by atoms with E-state index in [1.807, 2.05) is 0 Å². The van der Waals surface area contributed by atoms with Crippen LogP contribution in [0.25, 0.3) is 0 Å². The van der Waals surface area contributed by atoms with E-state index in [4.69, 9.17) is 33.0 Å². The number of hydrogen-bond donors (Lipinski definition) is 1. The molecule has 1 rings (SSSR count). The zero-order chi connectivity index (χ0) is 10.7. The summed E-state index contributed by atoms with van der Waals surface area (Å²) in [7, 11) is 0. The van der Waals surface area contributed by atoms with Crippen LogP contribution in [0.15, 0.2) is 18.2 Å². The molecule has 76 valence electrons. The Balaban J connectivity index is 2.81. The Bertz CT molecular complexity index is 332. The van der Waals surface area contributed by atoms with Gasteiger partial charge < -0.3 is 9.84 Å². The van der Waals surface area contributed by atoms with E-state index in [0.29, 0.717) is 15.8 Å². The van der Waals surface area contributed by atoms with Crippen LogP contribution in [0.2, 0.25) is 10.0 Å². The fraction of sp³-hybridized carbons (Fsp3) is 0.222. The molecule has 0 saturated heterocycles. The topological polar surface area (TPSA) is 46.5 Å². The number of aliphatic carboxylic acids is 1. The van der Waals surface area contributed by atoms with Gasteiger partial charge in [0.05, 0.1) is 0 Å². The molecule has 0 aromatic heterocycles. The predicted molar refractivity (Wildman–Crippen MR) is 54.2 cm³/mol. The minimum Gasteiger partial charge on any atom is -0.479 e. The van der Waals surface area contributed by atoms with Crippen molar-refractivity contribution < 1.29 is 14.6 Å². The van der Waals surface area contributed by atoms with Crippen molar-refractivity contribution in [2.75, 3.05) is 0 Å². The van der Waals surface area contributed by atoms with Gasteiger partial charge in [0.15, 0.2) is 6.10 Å². The summed E-state index contributed by atoms with van der Waals surface area (Å²) >= 11 is 11.4. The molecule has 0 spiro atoms. The second-order valence-corrected chi connectivity index (χ2v) is 3.58. The van der Waals surface area contributed by atoms with Crippen molar-refractivity contribution in [1.82, 2.24) is 0 Å². The van der Waals surface area contributed by atoms with Crippen LogP contribution in [-0.4, -0.2) is 17.2 Å². The molecular weight excluding hydrogens is 227 g/mol. The maximum atomic E-state index is 10.5. The Hall–Kier alpha value is -0.930. The predicted octanol–water partition coefficient (Wildman–Crippen LogP) is 2.85. The zero-order valence-corrected chi connectivity index (χ0v) is 8.84. The highest BCUT2D eigenvalue weighted by molar-refractivity contribution is 6.34. The van der Waals surface area contributed by atoms with E-state index in [-0.39, 0.29) is 0 Å². The number of ether oxygens (including phenoxy) is 1. The summed E-state index contributed by atoms with van der Waals surface area (Å²) in [6, 6.07) is 4.56. The summed E-state index contributed by atoms with van der Waals surface area (Å²) in [5.41, 5.74) is 0. The summed E-state index contributed by atoms with van der Waals surface area (Å²) in [6.45, 7) is 1.43. The first-order valence-electron chi connectivity index (χ1n) is 3.84. The lowest BCUT2D eigenvalue weighted by atomic mass is 10.3. The molecule has 0 fully saturated rings. The van der Waals surface area contributed by atoms with E-state index in [1.165, 1.54) is 19.1 Å². The van der Waals surface area contributed by atoms with Gasteiger partial charge >= 0.3 is 5.97 Å². The largest absolute Gasteiger partial charge is 0.479 e. The first-order chi connectivity index (χ1) is 6.49. The van der Waals surface area contributed by atoms with Crippen molar-refractivity contribution in [2.45, 2.75) is 13.0 Å². The van der Waals surface area contributed by atoms with Gasteiger partial charge in [0.2, 0.25) is 0 Å². The van der Waals surface area contributed by atoms with Gasteiger partial charge in [-0.2, -0.15) is 0 Å². The van der Waals surface area contributed by atoms with Crippen LogP contribution < -0.4 is 4.74 Å². The van der Waals surface area contributed by atoms with Crippen LogP contribution >= 0.6 is 23.2 Å². The molecule has 0 saturated carbocycles. The minimum absolute atomic E-state index is 0.345. The summed E-state index contributed by atoms with van der Waals surface area (Å²) in [6.07, 6.45) is -0.926. The average Bonchev–Trinajstić information content (AvgIpc) is 2.01. The fourth-order valence-corrected chi connectivity index (χ4v) is 1.36. The standard InChI is InChI=1S/C9H8Cl2O3/c1-5(9(12)13)14-8-3-6(10)2-7(11)4-8/h2-5H,1H3,(H,12,13)/t5-/m1/s1. The SMILES string of the molecule is C[C@@H](Oc1cc(Cl)cc(Cl)c1)C(=O)O. The lowest BCUT2D eigenvalue weighted by Crippen LogP contribution is -2.22. The minimum atomic E-state index is -1.04. The number of carboxylic acids is 1. The molecule has 1 N–H and O–H groups in total. The second kappa shape index (κ2) is 4.53. The van der Waals surface area contributed by atoms with Crippen molar-refractivity contribution in [3.05, 3.63) is 28.2 Å². The van der Waals surface area contributed by atoms with Gasteiger partial charge in [-0.1, -0.05) is 23.2 Å². The van der Waals surface area contributed by atoms with Crippen molar-refractivity contribution in [3.63, 3.8) is 0 Å². The summed E-state index contributed by atoms with van der Waals surface area (Å²) in [5, 5.41) is 9.41. The number of carboxylic acid groups (broad SMARTS) is 1. The molecule has 0 bridgehead atoms. The van der Waals surface area contributed by atoms with Crippen LogP contribution in [-0.2, 0) is 4.79 Å². The molecule has 0 amide bonds. The highest BCUT2D eigenvalue weighted by atomic mass is 35.5. The molecule has 1 atom stereocenters. The Morgan fingerprint density at radius 1 is 1.36 bits per heavy atom. The fourth-order valence-electron chi connectivity index (χ4n) is 0.851. The highest BCUT2D eigenvalue weighted by Crippen LogP contribution is 2.24. The quantitative estimate of drug-likeness (QED) is 0.876. The van der Waals surface area contributed by atoms with Crippen LogP contribution in [0.3, 0.4) is 0 Å². The van der Waals surface area contributed by atoms with Crippen LogP contribution in [0.4, 0.5) is 0 Å². The van der Waals surface area contributed by atoms with E-state index >= 15 is 0 Å². The molecule has 14 heavy (non-hydrogen) atoms. The molecule has 0 aliphatic rings. The third-order valence-electron chi connectivity index (χ3n) is 1.50. The average molecular weight is 235 g/mol. The molecule has 0 aliphatic heterocycles. The van der Waals surface area contributed by atoms with Gasteiger partial charge in [0.25, 0.3) is 0 Å². The van der Waals surface area contributed by atoms with Gasteiger partial charge in [-0.3, -0.25) is 0 Å². The monoisotopic (exact) mass is 234 g/mol. The normalized spacial score (nSPS) is 12.2. The Morgan fingerprint density at radius 3 is 2.29 bits per heavy atom. The molecule has 0 radical (unpaired) electrons. The summed E-state index contributed by atoms with van der Waals surface area (Å²) in [5.74, 6) is -0.696. The first-order valence-corrected chi connectivity index (χ1v) is 4.60. The van der Waals surface area contributed by atoms with Gasteiger partial charge in [0, 0.05) is 10.0 Å². The van der Waals surface area contributed by atoms with E-state index in [2.05, 4.69) is 0 Å². The maximum Gasteiger partial charge on any atom is 0.344 e. The number of hydrogen-bond acceptors (Lipinski definition) is 2. The second-order valence-electron chi connectivity index (χ2n) is 2.70. The summed E-state index contributed by atoms with van der Waals surface area (Å²) < 4.78 is 5.07. The van der Waals surface area contributed by atoms with Crippen molar-refractivity contribution >= 4 is 29.2 Å². The van der Waals surface area contributed by atoms with Gasteiger partial charge in [-0.15, -0.1) is 0 Å². The van der Waals surface area contributed by atoms with E-state index < -0.39 is 12.1 Å².